The molecule has 0 radical (unpaired) electrons. The number of carbonyl (C=O) groups is 2. The number of rotatable bonds is 8. The number of methoxy groups -OCH3 is 2. The molecule has 0 atom stereocenters. The van der Waals surface area contributed by atoms with E-state index in [1.807, 2.05) is 0 Å². The van der Waals surface area contributed by atoms with Crippen molar-refractivity contribution in [3.05, 3.63) is 0 Å². The van der Waals surface area contributed by atoms with Crippen LogP contribution in [-0.2, 0) is 28.7 Å². The summed E-state index contributed by atoms with van der Waals surface area (Å²) in [6.07, 6.45) is 0.0127. The molecule has 7 nitrogen and oxygen atoms in total. The summed E-state index contributed by atoms with van der Waals surface area (Å²) in [5, 5.41) is 0. The van der Waals surface area contributed by atoms with E-state index in [9.17, 15) is 22.9 Å². The molecule has 0 rings (SSSR count). The van der Waals surface area contributed by atoms with Gasteiger partial charge in [-0.1, -0.05) is 0 Å². The summed E-state index contributed by atoms with van der Waals surface area (Å²) in [7, 11) is -2.32. The van der Waals surface area contributed by atoms with Crippen molar-refractivity contribution in [1.29, 1.82) is 0 Å². The molecule has 0 fully saturated rings. The fourth-order valence-corrected chi connectivity index (χ4v) is 2.97. The molecule has 8 heteroatoms. The van der Waals surface area contributed by atoms with Crippen LogP contribution in [0.3, 0.4) is 0 Å². The molecule has 18 heavy (non-hydrogen) atoms. The minimum atomic E-state index is -4.74. The number of hydrogen-bond donors (Lipinski definition) is 2. The summed E-state index contributed by atoms with van der Waals surface area (Å²) in [6, 6.07) is 0. The predicted octanol–water partition coefficient (Wildman–Crippen LogP) is 0.659. The maximum atomic E-state index is 11.7. The van der Waals surface area contributed by atoms with Gasteiger partial charge in [-0.25, -0.2) is 4.21 Å². The SMILES string of the molecule is COC(=O)CCCS(=O)(O)(O)CCCC(=O)OC. The lowest BCUT2D eigenvalue weighted by Gasteiger charge is -2.30. The Kier molecular flexibility index (Phi) is 6.44. The average molecular weight is 284 g/mol. The lowest BCUT2D eigenvalue weighted by Crippen LogP contribution is -2.39. The molecular formula is C10H20O7S. The van der Waals surface area contributed by atoms with E-state index in [0.29, 0.717) is 0 Å². The average Bonchev–Trinajstić information content (AvgIpc) is 2.27. The highest BCUT2D eigenvalue weighted by Crippen LogP contribution is 2.20. The van der Waals surface area contributed by atoms with Crippen LogP contribution in [0, 0.1) is 0 Å². The zero-order valence-corrected chi connectivity index (χ0v) is 11.4. The van der Waals surface area contributed by atoms with Gasteiger partial charge in [0.2, 0.25) is 0 Å². The fraction of sp³-hybridized carbons (Fsp3) is 0.800. The molecule has 0 saturated heterocycles. The summed E-state index contributed by atoms with van der Waals surface area (Å²) in [4.78, 5) is 21.6. The lowest BCUT2D eigenvalue weighted by atomic mass is 10.3. The molecule has 0 aliphatic carbocycles. The van der Waals surface area contributed by atoms with Crippen LogP contribution in [0.2, 0.25) is 0 Å². The van der Waals surface area contributed by atoms with Gasteiger partial charge in [-0.15, -0.1) is 0 Å². The third-order valence-electron chi connectivity index (χ3n) is 2.33. The molecule has 0 spiro atoms. The van der Waals surface area contributed by atoms with Crippen molar-refractivity contribution < 1.29 is 32.4 Å². The van der Waals surface area contributed by atoms with Crippen LogP contribution in [-0.4, -0.2) is 51.0 Å². The first kappa shape index (κ1) is 17.0. The molecule has 0 unspecified atom stereocenters. The Hall–Kier alpha value is -0.990. The van der Waals surface area contributed by atoms with E-state index in [4.69, 9.17) is 0 Å². The first-order valence-electron chi connectivity index (χ1n) is 5.45. The van der Waals surface area contributed by atoms with Crippen molar-refractivity contribution in [1.82, 2.24) is 0 Å². The smallest absolute Gasteiger partial charge is 0.305 e. The number of ether oxygens (including phenoxy) is 2. The molecule has 0 bridgehead atoms. The molecule has 0 heterocycles. The van der Waals surface area contributed by atoms with E-state index in [0.717, 1.165) is 0 Å². The number of carbonyl (C=O) groups excluding carboxylic acids is 2. The molecule has 108 valence electrons. The van der Waals surface area contributed by atoms with E-state index >= 15 is 0 Å². The summed E-state index contributed by atoms with van der Waals surface area (Å²) >= 11 is 0. The van der Waals surface area contributed by atoms with Crippen LogP contribution in [0.15, 0.2) is 0 Å². The molecular weight excluding hydrogens is 264 g/mol. The standard InChI is InChI=1S/C10H20O7S/c1-16-9(11)5-3-7-18(13,14,15)8-4-6-10(12)17-2/h3-8H2,1-2H3,(H2,13,14,15). The highest BCUT2D eigenvalue weighted by atomic mass is 32.3. The topological polar surface area (TPSA) is 110 Å². The molecule has 0 aromatic heterocycles. The minimum Gasteiger partial charge on any atom is -0.469 e. The third-order valence-corrected chi connectivity index (χ3v) is 4.54. The van der Waals surface area contributed by atoms with Crippen molar-refractivity contribution in [3.8, 4) is 0 Å². The van der Waals surface area contributed by atoms with Gasteiger partial charge in [-0.3, -0.25) is 9.59 Å². The monoisotopic (exact) mass is 284 g/mol. The van der Waals surface area contributed by atoms with E-state index in [1.54, 1.807) is 0 Å². The maximum Gasteiger partial charge on any atom is 0.305 e. The van der Waals surface area contributed by atoms with Crippen LogP contribution >= 0.6 is 0 Å². The van der Waals surface area contributed by atoms with Gasteiger partial charge in [0.1, 0.15) is 0 Å². The summed E-state index contributed by atoms with van der Waals surface area (Å²) < 4.78 is 39.6. The minimum absolute atomic E-state index is 0.0385. The second kappa shape index (κ2) is 6.81. The molecule has 0 aromatic carbocycles. The van der Waals surface area contributed by atoms with E-state index in [-0.39, 0.29) is 25.7 Å². The lowest BCUT2D eigenvalue weighted by molar-refractivity contribution is -0.141. The summed E-state index contributed by atoms with van der Waals surface area (Å²) in [5.41, 5.74) is 0. The van der Waals surface area contributed by atoms with Crippen molar-refractivity contribution in [2.75, 3.05) is 25.7 Å². The molecule has 0 aliphatic rings. The Morgan fingerprint density at radius 1 is 0.944 bits per heavy atom. The van der Waals surface area contributed by atoms with Crippen molar-refractivity contribution in [3.63, 3.8) is 0 Å². The van der Waals surface area contributed by atoms with Crippen LogP contribution in [0.1, 0.15) is 25.7 Å². The number of hydrogen-bond acceptors (Lipinski definition) is 5. The first-order valence-corrected chi connectivity index (χ1v) is 7.67. The van der Waals surface area contributed by atoms with Gasteiger partial charge in [0.15, 0.2) is 0 Å². The Morgan fingerprint density at radius 2 is 1.28 bits per heavy atom. The number of esters is 2. The Bertz CT molecular complexity index is 329. The van der Waals surface area contributed by atoms with Crippen LogP contribution in [0.25, 0.3) is 0 Å². The summed E-state index contributed by atoms with van der Waals surface area (Å²) in [5.74, 6) is -1.83. The highest BCUT2D eigenvalue weighted by Gasteiger charge is 2.29. The molecule has 0 amide bonds. The second-order valence-electron chi connectivity index (χ2n) is 3.95. The van der Waals surface area contributed by atoms with Gasteiger partial charge in [0.05, 0.1) is 23.8 Å². The third kappa shape index (κ3) is 8.15. The second-order valence-corrected chi connectivity index (χ2v) is 7.14. The van der Waals surface area contributed by atoms with E-state index < -0.39 is 33.1 Å². The highest BCUT2D eigenvalue weighted by molar-refractivity contribution is 8.10. The molecule has 0 saturated carbocycles. The Labute approximate surface area is 106 Å². The van der Waals surface area contributed by atoms with Crippen molar-refractivity contribution in [2.45, 2.75) is 25.7 Å². The predicted molar refractivity (Wildman–Crippen MR) is 65.6 cm³/mol. The summed E-state index contributed by atoms with van der Waals surface area (Å²) in [6.45, 7) is 0. The van der Waals surface area contributed by atoms with Gasteiger partial charge in [0, 0.05) is 24.3 Å². The van der Waals surface area contributed by atoms with Crippen LogP contribution < -0.4 is 0 Å². The molecule has 0 aromatic rings. The maximum absolute atomic E-state index is 11.7. The fourth-order valence-electron chi connectivity index (χ4n) is 1.32. The van der Waals surface area contributed by atoms with Gasteiger partial charge in [-0.2, -0.15) is 0 Å². The first-order chi connectivity index (χ1) is 8.18. The van der Waals surface area contributed by atoms with Gasteiger partial charge in [-0.05, 0) is 12.8 Å². The normalized spacial score (nSPS) is 13.4. The zero-order valence-electron chi connectivity index (χ0n) is 10.6. The van der Waals surface area contributed by atoms with Gasteiger partial charge in [0.25, 0.3) is 0 Å². The quantitative estimate of drug-likeness (QED) is 0.630. The van der Waals surface area contributed by atoms with Crippen LogP contribution in [0.5, 0.6) is 0 Å². The van der Waals surface area contributed by atoms with E-state index in [1.165, 1.54) is 14.2 Å². The Balaban J connectivity index is 4.09. The van der Waals surface area contributed by atoms with Crippen molar-refractivity contribution >= 4 is 21.6 Å². The van der Waals surface area contributed by atoms with Gasteiger partial charge < -0.3 is 18.6 Å². The van der Waals surface area contributed by atoms with Gasteiger partial charge >= 0.3 is 11.9 Å². The van der Waals surface area contributed by atoms with Crippen LogP contribution in [0.4, 0.5) is 0 Å². The van der Waals surface area contributed by atoms with Crippen molar-refractivity contribution in [2.24, 2.45) is 0 Å². The molecule has 2 N–H and O–H groups in total. The largest absolute Gasteiger partial charge is 0.469 e. The zero-order chi connectivity index (χ0) is 14.3. The Morgan fingerprint density at radius 3 is 1.56 bits per heavy atom. The molecule has 0 aliphatic heterocycles. The van der Waals surface area contributed by atoms with E-state index in [2.05, 4.69) is 9.47 Å².